The molecule has 26 heavy (non-hydrogen) atoms. The molecular weight excluding hydrogens is 348 g/mol. The molecular formula is C21H25ClN2O2. The molecule has 0 bridgehead atoms. The fourth-order valence-corrected chi connectivity index (χ4v) is 3.18. The second-order valence-corrected chi connectivity index (χ2v) is 6.77. The van der Waals surface area contributed by atoms with E-state index in [2.05, 4.69) is 24.5 Å². The van der Waals surface area contributed by atoms with E-state index >= 15 is 0 Å². The first-order valence-corrected chi connectivity index (χ1v) is 9.20. The van der Waals surface area contributed by atoms with Gasteiger partial charge in [-0.1, -0.05) is 49.7 Å². The second-order valence-electron chi connectivity index (χ2n) is 6.33. The predicted octanol–water partition coefficient (Wildman–Crippen LogP) is 4.79. The number of amides is 1. The summed E-state index contributed by atoms with van der Waals surface area (Å²) in [5.41, 5.74) is 2.02. The van der Waals surface area contributed by atoms with Crippen molar-refractivity contribution in [2.24, 2.45) is 0 Å². The Labute approximate surface area is 159 Å². The van der Waals surface area contributed by atoms with E-state index in [4.69, 9.17) is 11.6 Å². The molecule has 2 aromatic rings. The number of benzene rings is 2. The molecule has 0 aliphatic carbocycles. The number of hydrogen-bond acceptors (Lipinski definition) is 3. The van der Waals surface area contributed by atoms with Gasteiger partial charge < -0.3 is 5.32 Å². The third kappa shape index (κ3) is 4.93. The van der Waals surface area contributed by atoms with Crippen LogP contribution in [0.25, 0.3) is 0 Å². The number of halogens is 1. The Morgan fingerprint density at radius 2 is 1.69 bits per heavy atom. The van der Waals surface area contributed by atoms with Crippen LogP contribution >= 0.6 is 11.6 Å². The second kappa shape index (κ2) is 8.97. The van der Waals surface area contributed by atoms with E-state index in [1.807, 2.05) is 24.3 Å². The summed E-state index contributed by atoms with van der Waals surface area (Å²) in [7, 11) is 0. The van der Waals surface area contributed by atoms with Crippen molar-refractivity contribution in [1.82, 2.24) is 5.32 Å². The molecule has 5 heteroatoms. The van der Waals surface area contributed by atoms with E-state index in [1.54, 1.807) is 24.3 Å². The quantitative estimate of drug-likeness (QED) is 0.655. The molecule has 0 unspecified atom stereocenters. The van der Waals surface area contributed by atoms with Crippen LogP contribution in [0.4, 0.5) is 5.69 Å². The third-order valence-corrected chi connectivity index (χ3v) is 5.00. The molecule has 2 rings (SSSR count). The van der Waals surface area contributed by atoms with Crippen LogP contribution in [-0.4, -0.2) is 18.2 Å². The Morgan fingerprint density at radius 1 is 1.04 bits per heavy atom. The molecule has 0 saturated heterocycles. The molecule has 0 aliphatic heterocycles. The van der Waals surface area contributed by atoms with Crippen LogP contribution in [0.15, 0.2) is 48.5 Å². The number of hydrogen-bond donors (Lipinski definition) is 2. The zero-order valence-electron chi connectivity index (χ0n) is 15.4. The van der Waals surface area contributed by atoms with Gasteiger partial charge in [-0.15, -0.1) is 0 Å². The Hall–Kier alpha value is -2.17. The Morgan fingerprint density at radius 3 is 2.27 bits per heavy atom. The number of anilines is 1. The lowest BCUT2D eigenvalue weighted by Gasteiger charge is -2.33. The van der Waals surface area contributed by atoms with E-state index < -0.39 is 0 Å². The number of Topliss-reactive ketones (excluding diaryl/α,β-unsaturated/α-hetero) is 1. The van der Waals surface area contributed by atoms with Crippen molar-refractivity contribution in [1.29, 1.82) is 0 Å². The van der Waals surface area contributed by atoms with Crippen LogP contribution in [0.1, 0.15) is 49.5 Å². The smallest absolute Gasteiger partial charge is 0.238 e. The monoisotopic (exact) mass is 372 g/mol. The van der Waals surface area contributed by atoms with Gasteiger partial charge in [0.15, 0.2) is 5.78 Å². The lowest BCUT2D eigenvalue weighted by Crippen LogP contribution is -2.45. The zero-order chi connectivity index (χ0) is 19.2. The third-order valence-electron chi connectivity index (χ3n) is 4.74. The first kappa shape index (κ1) is 20.1. The zero-order valence-corrected chi connectivity index (χ0v) is 16.2. The van der Waals surface area contributed by atoms with Crippen molar-refractivity contribution in [3.63, 3.8) is 0 Å². The van der Waals surface area contributed by atoms with E-state index in [0.717, 1.165) is 18.4 Å². The van der Waals surface area contributed by atoms with E-state index in [-0.39, 0.29) is 23.8 Å². The summed E-state index contributed by atoms with van der Waals surface area (Å²) in [5.74, 6) is -0.177. The van der Waals surface area contributed by atoms with Crippen molar-refractivity contribution in [2.75, 3.05) is 11.9 Å². The van der Waals surface area contributed by atoms with Crippen molar-refractivity contribution < 1.29 is 9.59 Å². The van der Waals surface area contributed by atoms with Gasteiger partial charge in [0.2, 0.25) is 5.91 Å². The maximum atomic E-state index is 12.4. The summed E-state index contributed by atoms with van der Waals surface area (Å²) in [6.07, 6.45) is 1.69. The number of nitrogens with one attached hydrogen (secondary N) is 2. The highest BCUT2D eigenvalue weighted by atomic mass is 35.5. The Bertz CT molecular complexity index is 768. The van der Waals surface area contributed by atoms with Crippen molar-refractivity contribution in [2.45, 2.75) is 39.2 Å². The minimum atomic E-state index is -0.289. The highest BCUT2D eigenvalue weighted by molar-refractivity contribution is 6.30. The molecule has 1 amide bonds. The van der Waals surface area contributed by atoms with Crippen LogP contribution in [0.5, 0.6) is 0 Å². The molecule has 0 atom stereocenters. The SMILES string of the molecule is CCC(CC)(NCC(=O)Nc1cccc(C(C)=O)c1)c1ccc(Cl)cc1. The number of rotatable bonds is 8. The molecule has 4 nitrogen and oxygen atoms in total. The number of ketones is 1. The highest BCUT2D eigenvalue weighted by Crippen LogP contribution is 2.29. The van der Waals surface area contributed by atoms with E-state index in [1.165, 1.54) is 6.92 Å². The van der Waals surface area contributed by atoms with Gasteiger partial charge in [-0.25, -0.2) is 0 Å². The fraction of sp³-hybridized carbons (Fsp3) is 0.333. The Balaban J connectivity index is 2.06. The highest BCUT2D eigenvalue weighted by Gasteiger charge is 2.28. The van der Waals surface area contributed by atoms with Gasteiger partial charge in [0, 0.05) is 21.8 Å². The molecule has 0 aliphatic rings. The molecule has 0 aromatic heterocycles. The normalized spacial score (nSPS) is 11.2. The fourth-order valence-electron chi connectivity index (χ4n) is 3.05. The molecule has 0 spiro atoms. The average Bonchev–Trinajstić information content (AvgIpc) is 2.64. The molecule has 0 saturated carbocycles. The Kier molecular flexibility index (Phi) is 6.95. The average molecular weight is 373 g/mol. The van der Waals surface area contributed by atoms with Crippen LogP contribution in [0.3, 0.4) is 0 Å². The van der Waals surface area contributed by atoms with Crippen LogP contribution in [0, 0.1) is 0 Å². The molecule has 2 aromatic carbocycles. The summed E-state index contributed by atoms with van der Waals surface area (Å²) in [6.45, 7) is 5.87. The topological polar surface area (TPSA) is 58.2 Å². The van der Waals surface area contributed by atoms with Crippen LogP contribution < -0.4 is 10.6 Å². The maximum absolute atomic E-state index is 12.4. The number of carbonyl (C=O) groups is 2. The van der Waals surface area contributed by atoms with Gasteiger partial charge in [-0.3, -0.25) is 14.9 Å². The molecule has 2 N–H and O–H groups in total. The van der Waals surface area contributed by atoms with Crippen molar-refractivity contribution in [3.05, 3.63) is 64.7 Å². The van der Waals surface area contributed by atoms with Gasteiger partial charge in [0.05, 0.1) is 6.54 Å². The van der Waals surface area contributed by atoms with Crippen LogP contribution in [0.2, 0.25) is 5.02 Å². The minimum Gasteiger partial charge on any atom is -0.325 e. The lowest BCUT2D eigenvalue weighted by molar-refractivity contribution is -0.115. The maximum Gasteiger partial charge on any atom is 0.238 e. The van der Waals surface area contributed by atoms with E-state index in [9.17, 15) is 9.59 Å². The predicted molar refractivity (Wildman–Crippen MR) is 107 cm³/mol. The first-order chi connectivity index (χ1) is 12.4. The summed E-state index contributed by atoms with van der Waals surface area (Å²) in [6, 6.07) is 14.7. The summed E-state index contributed by atoms with van der Waals surface area (Å²) >= 11 is 5.99. The van der Waals surface area contributed by atoms with Gasteiger partial charge in [-0.2, -0.15) is 0 Å². The molecule has 138 valence electrons. The molecule has 0 radical (unpaired) electrons. The summed E-state index contributed by atoms with van der Waals surface area (Å²) in [5, 5.41) is 6.94. The molecule has 0 heterocycles. The van der Waals surface area contributed by atoms with Gasteiger partial charge >= 0.3 is 0 Å². The largest absolute Gasteiger partial charge is 0.325 e. The first-order valence-electron chi connectivity index (χ1n) is 8.82. The molecule has 0 fully saturated rings. The van der Waals surface area contributed by atoms with Gasteiger partial charge in [0.1, 0.15) is 0 Å². The van der Waals surface area contributed by atoms with Crippen molar-refractivity contribution >= 4 is 29.0 Å². The van der Waals surface area contributed by atoms with Crippen LogP contribution in [-0.2, 0) is 10.3 Å². The standard InChI is InChI=1S/C21H25ClN2O2/c1-4-21(5-2,17-9-11-18(22)12-10-17)23-14-20(26)24-19-8-6-7-16(13-19)15(3)25/h6-13,23H,4-5,14H2,1-3H3,(H,24,26). The summed E-state index contributed by atoms with van der Waals surface area (Å²) in [4.78, 5) is 23.8. The van der Waals surface area contributed by atoms with Gasteiger partial charge in [-0.05, 0) is 49.6 Å². The van der Waals surface area contributed by atoms with E-state index in [0.29, 0.717) is 16.3 Å². The summed E-state index contributed by atoms with van der Waals surface area (Å²) < 4.78 is 0. The van der Waals surface area contributed by atoms with Crippen molar-refractivity contribution in [3.8, 4) is 0 Å². The lowest BCUT2D eigenvalue weighted by atomic mass is 9.84. The minimum absolute atomic E-state index is 0.0297. The number of carbonyl (C=O) groups excluding carboxylic acids is 2. The van der Waals surface area contributed by atoms with Gasteiger partial charge in [0.25, 0.3) is 0 Å².